The van der Waals surface area contributed by atoms with Crippen LogP contribution in [0.2, 0.25) is 0 Å². The van der Waals surface area contributed by atoms with Crippen LogP contribution < -0.4 is 16.0 Å². The Hall–Kier alpha value is -4.86. The summed E-state index contributed by atoms with van der Waals surface area (Å²) in [4.78, 5) is 67.7. The third kappa shape index (κ3) is 5.00. The van der Waals surface area contributed by atoms with E-state index in [1.54, 1.807) is 0 Å². The van der Waals surface area contributed by atoms with Gasteiger partial charge in [-0.3, -0.25) is 34.4 Å². The Labute approximate surface area is 224 Å². The zero-order valence-corrected chi connectivity index (χ0v) is 21.7. The summed E-state index contributed by atoms with van der Waals surface area (Å²) in [6.07, 6.45) is 1.93. The van der Waals surface area contributed by atoms with Crippen LogP contribution in [0.1, 0.15) is 58.7 Å². The van der Waals surface area contributed by atoms with Gasteiger partial charge in [0.2, 0.25) is 11.8 Å². The van der Waals surface area contributed by atoms with E-state index in [1.165, 1.54) is 18.2 Å². The highest BCUT2D eigenvalue weighted by atomic mass is 16.2. The predicted molar refractivity (Wildman–Crippen MR) is 143 cm³/mol. The van der Waals surface area contributed by atoms with Gasteiger partial charge in [-0.1, -0.05) is 30.3 Å². The number of anilines is 1. The molecule has 6 amide bonds. The van der Waals surface area contributed by atoms with Gasteiger partial charge in [0, 0.05) is 29.6 Å². The number of amides is 6. The highest BCUT2D eigenvalue weighted by molar-refractivity contribution is 6.23. The van der Waals surface area contributed by atoms with E-state index in [9.17, 15) is 24.0 Å². The van der Waals surface area contributed by atoms with E-state index >= 15 is 0 Å². The van der Waals surface area contributed by atoms with Crippen LogP contribution in [0.25, 0.3) is 11.1 Å². The highest BCUT2D eigenvalue weighted by Crippen LogP contribution is 2.30. The zero-order chi connectivity index (χ0) is 27.9. The third-order valence-corrected chi connectivity index (χ3v) is 6.97. The molecule has 3 N–H and O–H groups in total. The second kappa shape index (κ2) is 9.79. The second-order valence-electron chi connectivity index (χ2n) is 10.2. The van der Waals surface area contributed by atoms with Crippen molar-refractivity contribution in [2.24, 2.45) is 0 Å². The molecule has 198 valence electrons. The molecule has 1 saturated heterocycles. The molecule has 2 aliphatic rings. The van der Waals surface area contributed by atoms with Crippen molar-refractivity contribution in [3.8, 4) is 11.1 Å². The summed E-state index contributed by atoms with van der Waals surface area (Å²) >= 11 is 0. The van der Waals surface area contributed by atoms with Crippen molar-refractivity contribution in [1.82, 2.24) is 20.5 Å². The molecule has 2 aromatic carbocycles. The van der Waals surface area contributed by atoms with Crippen LogP contribution in [0.5, 0.6) is 0 Å². The molecule has 10 heteroatoms. The van der Waals surface area contributed by atoms with Crippen molar-refractivity contribution in [3.63, 3.8) is 0 Å². The summed E-state index contributed by atoms with van der Waals surface area (Å²) in [5.41, 5.74) is 3.65. The summed E-state index contributed by atoms with van der Waals surface area (Å²) in [6.45, 7) is 5.68. The lowest BCUT2D eigenvalue weighted by atomic mass is 9.92. The zero-order valence-electron chi connectivity index (χ0n) is 21.7. The number of carbonyl (C=O) groups excluding carboxylic acids is 5. The van der Waals surface area contributed by atoms with Gasteiger partial charge < -0.3 is 10.6 Å². The lowest BCUT2D eigenvalue weighted by Crippen LogP contribution is -2.54. The lowest BCUT2D eigenvalue weighted by molar-refractivity contribution is -0.136. The number of benzene rings is 2. The van der Waals surface area contributed by atoms with Crippen molar-refractivity contribution in [1.29, 1.82) is 0 Å². The van der Waals surface area contributed by atoms with Gasteiger partial charge in [0.15, 0.2) is 0 Å². The molecule has 0 radical (unpaired) electrons. The number of aromatic nitrogens is 1. The van der Waals surface area contributed by atoms with Crippen LogP contribution in [-0.4, -0.2) is 45.6 Å². The van der Waals surface area contributed by atoms with E-state index in [0.29, 0.717) is 5.69 Å². The topological polar surface area (TPSA) is 138 Å². The van der Waals surface area contributed by atoms with Crippen molar-refractivity contribution in [3.05, 3.63) is 83.2 Å². The standard InChI is InChI=1S/C29H27N5O5/c1-16-4-5-18(15-30-16)17-6-8-19(9-7-17)29(2,3)33-28(39)31-20-10-11-21-22(14-20)27(38)34(26(21)37)23-12-13-24(35)32-25(23)36/h4-11,14-15,23H,12-13H2,1-3H3,(H2,31,33,39)(H,32,35,36). The SMILES string of the molecule is Cc1ccc(-c2ccc(C(C)(C)NC(=O)Nc3ccc4c(c3)C(=O)N(C3CCC(=O)NC3=O)C4=O)cc2)cn1. The number of nitrogens with zero attached hydrogens (tertiary/aromatic N) is 2. The number of aryl methyl sites for hydroxylation is 1. The average Bonchev–Trinajstić information content (AvgIpc) is 3.13. The minimum absolute atomic E-state index is 0.0401. The molecule has 1 atom stereocenters. The molecule has 1 unspecified atom stereocenters. The number of hydrogen-bond acceptors (Lipinski definition) is 6. The van der Waals surface area contributed by atoms with Crippen molar-refractivity contribution in [2.75, 3.05) is 5.32 Å². The van der Waals surface area contributed by atoms with Crippen LogP contribution in [0.3, 0.4) is 0 Å². The normalized spacial score (nSPS) is 17.1. The first-order valence-corrected chi connectivity index (χ1v) is 12.5. The Kier molecular flexibility index (Phi) is 6.47. The molecule has 5 rings (SSSR count). The van der Waals surface area contributed by atoms with E-state index in [0.717, 1.165) is 27.3 Å². The molecule has 39 heavy (non-hydrogen) atoms. The maximum Gasteiger partial charge on any atom is 0.319 e. The van der Waals surface area contributed by atoms with Gasteiger partial charge in [-0.25, -0.2) is 4.79 Å². The first-order chi connectivity index (χ1) is 18.5. The lowest BCUT2D eigenvalue weighted by Gasteiger charge is -2.27. The van der Waals surface area contributed by atoms with Crippen LogP contribution in [0.15, 0.2) is 60.8 Å². The summed E-state index contributed by atoms with van der Waals surface area (Å²) in [6, 6.07) is 14.6. The number of urea groups is 1. The minimum atomic E-state index is -1.05. The molecule has 1 aromatic heterocycles. The number of imide groups is 2. The number of pyridine rings is 1. The maximum atomic E-state index is 13.0. The van der Waals surface area contributed by atoms with Gasteiger partial charge in [-0.05, 0) is 62.6 Å². The number of fused-ring (bicyclic) bond motifs is 1. The van der Waals surface area contributed by atoms with Gasteiger partial charge in [-0.2, -0.15) is 0 Å². The first kappa shape index (κ1) is 25.8. The van der Waals surface area contributed by atoms with E-state index in [1.807, 2.05) is 63.4 Å². The Morgan fingerprint density at radius 1 is 0.949 bits per heavy atom. The molecule has 0 spiro atoms. The Bertz CT molecular complexity index is 1510. The van der Waals surface area contributed by atoms with Crippen LogP contribution >= 0.6 is 0 Å². The number of rotatable bonds is 5. The molecule has 2 aliphatic heterocycles. The molecule has 0 aliphatic carbocycles. The van der Waals surface area contributed by atoms with Crippen molar-refractivity contribution < 1.29 is 24.0 Å². The number of carbonyl (C=O) groups is 5. The van der Waals surface area contributed by atoms with Crippen molar-refractivity contribution >= 4 is 35.3 Å². The molecule has 10 nitrogen and oxygen atoms in total. The minimum Gasteiger partial charge on any atom is -0.329 e. The summed E-state index contributed by atoms with van der Waals surface area (Å²) < 4.78 is 0. The fraction of sp³-hybridized carbons (Fsp3) is 0.241. The highest BCUT2D eigenvalue weighted by Gasteiger charge is 2.44. The fourth-order valence-corrected chi connectivity index (χ4v) is 4.79. The van der Waals surface area contributed by atoms with Crippen LogP contribution in [0, 0.1) is 6.92 Å². The molecular formula is C29H27N5O5. The van der Waals surface area contributed by atoms with E-state index in [2.05, 4.69) is 20.9 Å². The first-order valence-electron chi connectivity index (χ1n) is 12.5. The summed E-state index contributed by atoms with van der Waals surface area (Å²) in [7, 11) is 0. The molecule has 3 heterocycles. The quantitative estimate of drug-likeness (QED) is 0.436. The monoisotopic (exact) mass is 525 g/mol. The molecule has 3 aromatic rings. The van der Waals surface area contributed by atoms with Gasteiger partial charge in [0.1, 0.15) is 6.04 Å². The average molecular weight is 526 g/mol. The van der Waals surface area contributed by atoms with E-state index < -0.39 is 41.2 Å². The van der Waals surface area contributed by atoms with Gasteiger partial charge in [-0.15, -0.1) is 0 Å². The second-order valence-corrected chi connectivity index (χ2v) is 10.2. The molecular weight excluding hydrogens is 498 g/mol. The van der Waals surface area contributed by atoms with Gasteiger partial charge in [0.05, 0.1) is 16.7 Å². The number of nitrogens with one attached hydrogen (secondary N) is 3. The number of hydrogen-bond donors (Lipinski definition) is 3. The Morgan fingerprint density at radius 3 is 2.31 bits per heavy atom. The van der Waals surface area contributed by atoms with Gasteiger partial charge >= 0.3 is 6.03 Å². The smallest absolute Gasteiger partial charge is 0.319 e. The summed E-state index contributed by atoms with van der Waals surface area (Å²) in [5, 5.41) is 7.82. The predicted octanol–water partition coefficient (Wildman–Crippen LogP) is 3.52. The molecule has 0 saturated carbocycles. The molecule has 1 fully saturated rings. The fourth-order valence-electron chi connectivity index (χ4n) is 4.79. The van der Waals surface area contributed by atoms with E-state index in [-0.39, 0.29) is 24.0 Å². The Morgan fingerprint density at radius 2 is 1.64 bits per heavy atom. The maximum absolute atomic E-state index is 13.0. The van der Waals surface area contributed by atoms with Crippen LogP contribution in [0.4, 0.5) is 10.5 Å². The Balaban J connectivity index is 1.26. The van der Waals surface area contributed by atoms with E-state index in [4.69, 9.17) is 0 Å². The van der Waals surface area contributed by atoms with Gasteiger partial charge in [0.25, 0.3) is 11.8 Å². The number of piperidine rings is 1. The largest absolute Gasteiger partial charge is 0.329 e. The summed E-state index contributed by atoms with van der Waals surface area (Å²) in [5.74, 6) is -2.36. The van der Waals surface area contributed by atoms with Crippen LogP contribution in [-0.2, 0) is 15.1 Å². The third-order valence-electron chi connectivity index (χ3n) is 6.97. The molecule has 0 bridgehead atoms. The van der Waals surface area contributed by atoms with Crippen molar-refractivity contribution in [2.45, 2.75) is 45.2 Å².